The molecule has 0 unspecified atom stereocenters. The van der Waals surface area contributed by atoms with Crippen molar-refractivity contribution in [1.82, 2.24) is 24.5 Å². The summed E-state index contributed by atoms with van der Waals surface area (Å²) in [5.41, 5.74) is 0.800. The number of benzene rings is 1. The van der Waals surface area contributed by atoms with Crippen LogP contribution in [0, 0.1) is 24.1 Å². The molecule has 1 aromatic carbocycles. The highest BCUT2D eigenvalue weighted by Gasteiger charge is 2.33. The summed E-state index contributed by atoms with van der Waals surface area (Å²) < 4.78 is 21.8. The number of hydrogen-bond donors (Lipinski definition) is 2. The van der Waals surface area contributed by atoms with E-state index in [9.17, 15) is 24.3 Å². The fourth-order valence-corrected chi connectivity index (χ4v) is 4.28. The third-order valence-electron chi connectivity index (χ3n) is 5.94. The van der Waals surface area contributed by atoms with E-state index in [1.54, 1.807) is 31.6 Å². The molecule has 0 radical (unpaired) electrons. The summed E-state index contributed by atoms with van der Waals surface area (Å²) in [5, 5.41) is 30.5. The zero-order valence-corrected chi connectivity index (χ0v) is 19.9. The van der Waals surface area contributed by atoms with Gasteiger partial charge in [0.25, 0.3) is 11.5 Å². The Balaban J connectivity index is 1.91. The van der Waals surface area contributed by atoms with Crippen LogP contribution in [0.25, 0.3) is 0 Å². The number of carbonyl (C=O) groups excluding carboxylic acids is 1. The molecule has 3 heterocycles. The molecule has 0 saturated carbocycles. The Morgan fingerprint density at radius 2 is 2.06 bits per heavy atom. The lowest BCUT2D eigenvalue weighted by molar-refractivity contribution is 0.101. The van der Waals surface area contributed by atoms with E-state index < -0.39 is 40.6 Å². The van der Waals surface area contributed by atoms with E-state index in [0.29, 0.717) is 17.0 Å². The van der Waals surface area contributed by atoms with E-state index in [4.69, 9.17) is 0 Å². The lowest BCUT2D eigenvalue weighted by Crippen LogP contribution is -2.30. The lowest BCUT2D eigenvalue weighted by Gasteiger charge is -2.27. The number of aromatic nitrogens is 5. The molecule has 0 aliphatic carbocycles. The van der Waals surface area contributed by atoms with Crippen molar-refractivity contribution in [3.63, 3.8) is 0 Å². The van der Waals surface area contributed by atoms with Crippen molar-refractivity contribution in [2.45, 2.75) is 25.7 Å². The van der Waals surface area contributed by atoms with Gasteiger partial charge in [0.2, 0.25) is 5.75 Å². The van der Waals surface area contributed by atoms with Crippen LogP contribution in [0.4, 0.5) is 10.1 Å². The normalized spacial score (nSPS) is 12.7. The molecule has 2 N–H and O–H groups in total. The van der Waals surface area contributed by atoms with Gasteiger partial charge >= 0.3 is 0 Å². The first-order valence-electron chi connectivity index (χ1n) is 10.8. The molecule has 2 atom stereocenters. The van der Waals surface area contributed by atoms with Gasteiger partial charge in [0.1, 0.15) is 23.6 Å². The monoisotopic (exact) mass is 491 g/mol. The molecule has 0 saturated heterocycles. The Bertz CT molecular complexity index is 1550. The number of halogens is 1. The second-order valence-corrected chi connectivity index (χ2v) is 8.34. The number of rotatable bonds is 6. The topological polar surface area (TPSA) is 152 Å². The molecule has 0 fully saturated rings. The van der Waals surface area contributed by atoms with Gasteiger partial charge in [-0.25, -0.2) is 9.37 Å². The number of nitrogens with zero attached hydrogens (tertiary/aromatic N) is 6. The lowest BCUT2D eigenvalue weighted by atomic mass is 9.81. The summed E-state index contributed by atoms with van der Waals surface area (Å²) in [4.78, 5) is 30.1. The summed E-state index contributed by atoms with van der Waals surface area (Å²) in [5.74, 6) is -3.45. The highest BCUT2D eigenvalue weighted by atomic mass is 19.1. The number of nitriles is 1. The third kappa shape index (κ3) is 4.34. The minimum Gasteiger partial charge on any atom is -0.501 e. The smallest absolute Gasteiger partial charge is 0.296 e. The number of amides is 1. The summed E-state index contributed by atoms with van der Waals surface area (Å²) >= 11 is 0. The standard InChI is InChI=1S/C24H22FN7O4/c1-12-7-18(32(4)30-12)19(17-8-15(25)6-5-14(17)9-26)13(2)22-29-20(21(33)24(35)31(22)3)23(34)28-16-10-27-36-11-16/h5-8,10-11,13,19,33H,1-4H3,(H,28,34)/t13-,19-/m1/s1. The molecule has 36 heavy (non-hydrogen) atoms. The zero-order chi connectivity index (χ0) is 26.1. The van der Waals surface area contributed by atoms with Gasteiger partial charge < -0.3 is 14.9 Å². The first-order chi connectivity index (χ1) is 17.1. The molecule has 12 heteroatoms. The molecule has 0 aliphatic rings. The van der Waals surface area contributed by atoms with Crippen LogP contribution in [-0.4, -0.2) is 35.5 Å². The number of hydrogen-bond acceptors (Lipinski definition) is 8. The Kier molecular flexibility index (Phi) is 6.39. The van der Waals surface area contributed by atoms with Crippen molar-refractivity contribution in [3.05, 3.63) is 86.9 Å². The maximum atomic E-state index is 14.4. The number of aryl methyl sites for hydroxylation is 2. The van der Waals surface area contributed by atoms with Crippen molar-refractivity contribution >= 4 is 11.6 Å². The highest BCUT2D eigenvalue weighted by molar-refractivity contribution is 6.04. The zero-order valence-electron chi connectivity index (χ0n) is 19.9. The van der Waals surface area contributed by atoms with Gasteiger partial charge in [0.15, 0.2) is 5.69 Å². The van der Waals surface area contributed by atoms with Gasteiger partial charge in [-0.05, 0) is 36.8 Å². The molecule has 1 amide bonds. The Morgan fingerprint density at radius 3 is 2.67 bits per heavy atom. The van der Waals surface area contributed by atoms with Crippen LogP contribution in [0.2, 0.25) is 0 Å². The fourth-order valence-electron chi connectivity index (χ4n) is 4.28. The van der Waals surface area contributed by atoms with Gasteiger partial charge in [0.05, 0.1) is 23.5 Å². The van der Waals surface area contributed by atoms with Crippen LogP contribution < -0.4 is 10.9 Å². The van der Waals surface area contributed by atoms with E-state index >= 15 is 0 Å². The number of nitrogens with one attached hydrogen (secondary N) is 1. The van der Waals surface area contributed by atoms with Crippen LogP contribution >= 0.6 is 0 Å². The summed E-state index contributed by atoms with van der Waals surface area (Å²) in [6, 6.07) is 7.73. The van der Waals surface area contributed by atoms with E-state index in [-0.39, 0.29) is 17.1 Å². The van der Waals surface area contributed by atoms with Gasteiger partial charge in [-0.3, -0.25) is 18.8 Å². The van der Waals surface area contributed by atoms with E-state index in [1.807, 2.05) is 0 Å². The van der Waals surface area contributed by atoms with Gasteiger partial charge in [-0.1, -0.05) is 12.1 Å². The van der Waals surface area contributed by atoms with Crippen LogP contribution in [0.1, 0.15) is 57.6 Å². The maximum absolute atomic E-state index is 14.4. The van der Waals surface area contributed by atoms with E-state index in [1.165, 1.54) is 37.7 Å². The van der Waals surface area contributed by atoms with Crippen molar-refractivity contribution in [2.75, 3.05) is 5.32 Å². The van der Waals surface area contributed by atoms with Crippen molar-refractivity contribution < 1.29 is 18.8 Å². The minimum atomic E-state index is -0.849. The van der Waals surface area contributed by atoms with Gasteiger partial charge in [-0.15, -0.1) is 0 Å². The van der Waals surface area contributed by atoms with Crippen molar-refractivity contribution in [2.24, 2.45) is 14.1 Å². The van der Waals surface area contributed by atoms with Crippen molar-refractivity contribution in [3.8, 4) is 11.8 Å². The predicted molar refractivity (Wildman–Crippen MR) is 125 cm³/mol. The fraction of sp³-hybridized carbons (Fsp3) is 0.250. The molecule has 4 aromatic rings. The summed E-state index contributed by atoms with van der Waals surface area (Å²) in [6.45, 7) is 3.53. The minimum absolute atomic E-state index is 0.130. The van der Waals surface area contributed by atoms with Gasteiger partial charge in [0, 0.05) is 31.6 Å². The molecule has 0 bridgehead atoms. The SMILES string of the molecule is Cc1cc([C@@H](c2cc(F)ccc2C#N)[C@@H](C)c2nc(C(=O)Nc3cnoc3)c(O)c(=O)n2C)n(C)n1. The van der Waals surface area contributed by atoms with Crippen molar-refractivity contribution in [1.29, 1.82) is 5.26 Å². The summed E-state index contributed by atoms with van der Waals surface area (Å²) in [7, 11) is 3.12. The largest absolute Gasteiger partial charge is 0.501 e. The Labute approximate surface area is 204 Å². The van der Waals surface area contributed by atoms with Crippen LogP contribution in [0.15, 0.2) is 46.0 Å². The van der Waals surface area contributed by atoms with Crippen LogP contribution in [0.3, 0.4) is 0 Å². The average Bonchev–Trinajstić information content (AvgIpc) is 3.46. The molecule has 184 valence electrons. The second-order valence-electron chi connectivity index (χ2n) is 8.34. The predicted octanol–water partition coefficient (Wildman–Crippen LogP) is 2.71. The highest BCUT2D eigenvalue weighted by Crippen LogP contribution is 2.39. The molecule has 4 rings (SSSR count). The quantitative estimate of drug-likeness (QED) is 0.418. The van der Waals surface area contributed by atoms with Crippen LogP contribution in [-0.2, 0) is 14.1 Å². The maximum Gasteiger partial charge on any atom is 0.296 e. The van der Waals surface area contributed by atoms with E-state index in [0.717, 1.165) is 4.57 Å². The van der Waals surface area contributed by atoms with Gasteiger partial charge in [-0.2, -0.15) is 10.4 Å². The molecular formula is C24H22FN7O4. The summed E-state index contributed by atoms with van der Waals surface area (Å²) in [6.07, 6.45) is 2.42. The molecule has 0 spiro atoms. The first kappa shape index (κ1) is 24.3. The average molecular weight is 491 g/mol. The number of anilines is 1. The molecule has 11 nitrogen and oxygen atoms in total. The van der Waals surface area contributed by atoms with E-state index in [2.05, 4.69) is 31.1 Å². The number of aromatic hydroxyl groups is 1. The Morgan fingerprint density at radius 1 is 1.31 bits per heavy atom. The first-order valence-corrected chi connectivity index (χ1v) is 10.8. The molecular weight excluding hydrogens is 469 g/mol. The van der Waals surface area contributed by atoms with Crippen LogP contribution in [0.5, 0.6) is 5.75 Å². The molecule has 3 aromatic heterocycles. The number of carbonyl (C=O) groups is 1. The molecule has 0 aliphatic heterocycles. The third-order valence-corrected chi connectivity index (χ3v) is 5.94. The second kappa shape index (κ2) is 9.46. The Hall–Kier alpha value is -4.79.